The SMILES string of the molecule is O=C1N[C@@H](c2ccc(OCc3ccccc3)cc2)C(F)(F)CO1. The van der Waals surface area contributed by atoms with Gasteiger partial charge in [0.15, 0.2) is 6.61 Å². The van der Waals surface area contributed by atoms with Crippen molar-refractivity contribution in [2.24, 2.45) is 0 Å². The average Bonchev–Trinajstić information content (AvgIpc) is 2.57. The van der Waals surface area contributed by atoms with Gasteiger partial charge < -0.3 is 14.8 Å². The first-order chi connectivity index (χ1) is 11.0. The molecule has 0 aromatic heterocycles. The molecule has 0 bridgehead atoms. The molecule has 120 valence electrons. The van der Waals surface area contributed by atoms with E-state index in [1.807, 2.05) is 30.3 Å². The van der Waals surface area contributed by atoms with Gasteiger partial charge in [0.05, 0.1) is 0 Å². The van der Waals surface area contributed by atoms with Crippen LogP contribution < -0.4 is 10.1 Å². The summed E-state index contributed by atoms with van der Waals surface area (Å²) in [4.78, 5) is 11.2. The maximum atomic E-state index is 13.8. The number of rotatable bonds is 4. The highest BCUT2D eigenvalue weighted by atomic mass is 19.3. The summed E-state index contributed by atoms with van der Waals surface area (Å²) < 4.78 is 37.6. The Balaban J connectivity index is 1.68. The maximum absolute atomic E-state index is 13.8. The normalized spacial score (nSPS) is 19.6. The molecule has 0 radical (unpaired) electrons. The summed E-state index contributed by atoms with van der Waals surface area (Å²) in [6.45, 7) is -0.528. The van der Waals surface area contributed by atoms with Crippen molar-refractivity contribution in [1.29, 1.82) is 0 Å². The summed E-state index contributed by atoms with van der Waals surface area (Å²) in [5, 5.41) is 2.15. The zero-order valence-corrected chi connectivity index (χ0v) is 12.2. The molecule has 1 saturated heterocycles. The molecule has 0 spiro atoms. The van der Waals surface area contributed by atoms with Crippen molar-refractivity contribution < 1.29 is 23.0 Å². The summed E-state index contributed by atoms with van der Waals surface area (Å²) in [7, 11) is 0. The Morgan fingerprint density at radius 1 is 1.13 bits per heavy atom. The molecule has 1 amide bonds. The van der Waals surface area contributed by atoms with Gasteiger partial charge in [0, 0.05) is 0 Å². The summed E-state index contributed by atoms with van der Waals surface area (Å²) in [6.07, 6.45) is -0.842. The van der Waals surface area contributed by atoms with E-state index in [0.717, 1.165) is 5.56 Å². The molecule has 1 fully saturated rings. The third kappa shape index (κ3) is 3.59. The maximum Gasteiger partial charge on any atom is 0.408 e. The Kier molecular flexibility index (Phi) is 4.14. The fourth-order valence-corrected chi connectivity index (χ4v) is 2.33. The molecule has 0 saturated carbocycles. The summed E-state index contributed by atoms with van der Waals surface area (Å²) in [6, 6.07) is 14.5. The molecular formula is C17H15F2NO3. The first kappa shape index (κ1) is 15.3. The number of alkyl carbamates (subject to hydrolysis) is 1. The summed E-state index contributed by atoms with van der Waals surface area (Å²) in [5.41, 5.74) is 1.32. The van der Waals surface area contributed by atoms with Crippen molar-refractivity contribution in [3.8, 4) is 5.75 Å². The number of carbonyl (C=O) groups excluding carboxylic acids is 1. The highest BCUT2D eigenvalue weighted by Crippen LogP contribution is 2.35. The van der Waals surface area contributed by atoms with E-state index in [2.05, 4.69) is 10.1 Å². The van der Waals surface area contributed by atoms with Gasteiger partial charge in [-0.3, -0.25) is 0 Å². The van der Waals surface area contributed by atoms with Crippen LogP contribution in [0, 0.1) is 0 Å². The van der Waals surface area contributed by atoms with Crippen LogP contribution in [-0.4, -0.2) is 18.6 Å². The van der Waals surface area contributed by atoms with E-state index in [-0.39, 0.29) is 0 Å². The van der Waals surface area contributed by atoms with Crippen molar-refractivity contribution >= 4 is 6.09 Å². The number of alkyl halides is 2. The van der Waals surface area contributed by atoms with Crippen molar-refractivity contribution in [2.45, 2.75) is 18.6 Å². The average molecular weight is 319 g/mol. The standard InChI is InChI=1S/C17H15F2NO3/c18-17(19)11-23-16(21)20-15(17)13-6-8-14(9-7-13)22-10-12-4-2-1-3-5-12/h1-9,15H,10-11H2,(H,20,21)/t15-/m0/s1. The van der Waals surface area contributed by atoms with E-state index in [4.69, 9.17) is 4.74 Å². The summed E-state index contributed by atoms with van der Waals surface area (Å²) in [5.74, 6) is -2.58. The van der Waals surface area contributed by atoms with Crippen LogP contribution >= 0.6 is 0 Å². The lowest BCUT2D eigenvalue weighted by Crippen LogP contribution is -2.49. The van der Waals surface area contributed by atoms with Crippen LogP contribution in [0.15, 0.2) is 54.6 Å². The fourth-order valence-electron chi connectivity index (χ4n) is 2.33. The van der Waals surface area contributed by atoms with Gasteiger partial charge in [-0.1, -0.05) is 42.5 Å². The Hall–Kier alpha value is -2.63. The van der Waals surface area contributed by atoms with Crippen molar-refractivity contribution in [3.63, 3.8) is 0 Å². The molecule has 1 N–H and O–H groups in total. The Morgan fingerprint density at radius 3 is 2.52 bits per heavy atom. The second-order valence-electron chi connectivity index (χ2n) is 5.26. The molecule has 23 heavy (non-hydrogen) atoms. The highest BCUT2D eigenvalue weighted by molar-refractivity contribution is 5.69. The number of cyclic esters (lactones) is 1. The molecule has 3 rings (SSSR count). The van der Waals surface area contributed by atoms with E-state index >= 15 is 0 Å². The second-order valence-corrected chi connectivity index (χ2v) is 5.26. The fraction of sp³-hybridized carbons (Fsp3) is 0.235. The molecule has 1 aliphatic heterocycles. The first-order valence-electron chi connectivity index (χ1n) is 7.12. The Labute approximate surface area is 132 Å². The van der Waals surface area contributed by atoms with Gasteiger partial charge in [0.25, 0.3) is 0 Å². The zero-order chi connectivity index (χ0) is 16.3. The van der Waals surface area contributed by atoms with Crippen LogP contribution in [0.3, 0.4) is 0 Å². The van der Waals surface area contributed by atoms with Gasteiger partial charge in [-0.05, 0) is 23.3 Å². The lowest BCUT2D eigenvalue weighted by Gasteiger charge is -2.31. The highest BCUT2D eigenvalue weighted by Gasteiger charge is 2.46. The van der Waals surface area contributed by atoms with Gasteiger partial charge in [0.1, 0.15) is 18.4 Å². The molecule has 1 atom stereocenters. The molecule has 1 heterocycles. The quantitative estimate of drug-likeness (QED) is 0.935. The van der Waals surface area contributed by atoms with Gasteiger partial charge >= 0.3 is 12.0 Å². The van der Waals surface area contributed by atoms with Crippen molar-refractivity contribution in [1.82, 2.24) is 5.32 Å². The van der Waals surface area contributed by atoms with Crippen LogP contribution in [0.1, 0.15) is 17.2 Å². The van der Waals surface area contributed by atoms with E-state index in [0.29, 0.717) is 17.9 Å². The van der Waals surface area contributed by atoms with Gasteiger partial charge in [0.2, 0.25) is 0 Å². The zero-order valence-electron chi connectivity index (χ0n) is 12.2. The van der Waals surface area contributed by atoms with E-state index in [1.165, 1.54) is 12.1 Å². The number of amides is 1. The molecule has 1 aliphatic rings. The van der Waals surface area contributed by atoms with E-state index < -0.39 is 24.7 Å². The van der Waals surface area contributed by atoms with Crippen molar-refractivity contribution in [2.75, 3.05) is 6.61 Å². The smallest absolute Gasteiger partial charge is 0.408 e. The van der Waals surface area contributed by atoms with Crippen molar-refractivity contribution in [3.05, 3.63) is 65.7 Å². The second kappa shape index (κ2) is 6.24. The minimum absolute atomic E-state index is 0.304. The number of carbonyl (C=O) groups is 1. The molecular weight excluding hydrogens is 304 g/mol. The lowest BCUT2D eigenvalue weighted by molar-refractivity contribution is -0.104. The minimum Gasteiger partial charge on any atom is -0.489 e. The number of halogens is 2. The summed E-state index contributed by atoms with van der Waals surface area (Å²) >= 11 is 0. The molecule has 2 aromatic rings. The van der Waals surface area contributed by atoms with Crippen LogP contribution in [0.25, 0.3) is 0 Å². The minimum atomic E-state index is -3.15. The molecule has 6 heteroatoms. The molecule has 0 aliphatic carbocycles. The van der Waals surface area contributed by atoms with Crippen LogP contribution in [0.5, 0.6) is 5.75 Å². The monoisotopic (exact) mass is 319 g/mol. The predicted molar refractivity (Wildman–Crippen MR) is 79.4 cm³/mol. The molecule has 0 unspecified atom stereocenters. The van der Waals surface area contributed by atoms with Gasteiger partial charge in [-0.15, -0.1) is 0 Å². The third-order valence-corrected chi connectivity index (χ3v) is 3.54. The first-order valence-corrected chi connectivity index (χ1v) is 7.12. The third-order valence-electron chi connectivity index (χ3n) is 3.54. The number of benzene rings is 2. The Morgan fingerprint density at radius 2 is 1.83 bits per heavy atom. The Bertz CT molecular complexity index is 674. The van der Waals surface area contributed by atoms with Crippen LogP contribution in [0.4, 0.5) is 13.6 Å². The lowest BCUT2D eigenvalue weighted by atomic mass is 10.00. The van der Waals surface area contributed by atoms with Crippen LogP contribution in [-0.2, 0) is 11.3 Å². The number of nitrogens with one attached hydrogen (secondary N) is 1. The van der Waals surface area contributed by atoms with E-state index in [9.17, 15) is 13.6 Å². The van der Waals surface area contributed by atoms with Crippen LogP contribution in [0.2, 0.25) is 0 Å². The van der Waals surface area contributed by atoms with Gasteiger partial charge in [-0.2, -0.15) is 0 Å². The number of ether oxygens (including phenoxy) is 2. The van der Waals surface area contributed by atoms with E-state index in [1.54, 1.807) is 12.1 Å². The molecule has 4 nitrogen and oxygen atoms in total. The molecule has 2 aromatic carbocycles. The number of hydrogen-bond donors (Lipinski definition) is 1. The largest absolute Gasteiger partial charge is 0.489 e. The predicted octanol–water partition coefficient (Wildman–Crippen LogP) is 3.68. The topological polar surface area (TPSA) is 47.6 Å². The van der Waals surface area contributed by atoms with Gasteiger partial charge in [-0.25, -0.2) is 13.6 Å². The number of hydrogen-bond acceptors (Lipinski definition) is 3.